The zero-order valence-corrected chi connectivity index (χ0v) is 8.88. The van der Waals surface area contributed by atoms with Crippen molar-refractivity contribution in [2.24, 2.45) is 12.8 Å². The second-order valence-corrected chi connectivity index (χ2v) is 3.81. The third kappa shape index (κ3) is 2.04. The number of rotatable bonds is 3. The van der Waals surface area contributed by atoms with E-state index in [1.807, 2.05) is 17.9 Å². The van der Waals surface area contributed by atoms with Gasteiger partial charge in [-0.3, -0.25) is 0 Å². The molecule has 1 aromatic heterocycles. The number of thioether (sulfide) groups is 1. The molecule has 0 radical (unpaired) electrons. The number of aliphatic hydroxyl groups excluding tert-OH is 1. The van der Waals surface area contributed by atoms with E-state index in [0.29, 0.717) is 0 Å². The molecule has 0 saturated heterocycles. The van der Waals surface area contributed by atoms with Gasteiger partial charge in [-0.15, -0.1) is 0 Å². The van der Waals surface area contributed by atoms with Crippen LogP contribution in [0.3, 0.4) is 0 Å². The Morgan fingerprint density at radius 1 is 1.69 bits per heavy atom. The van der Waals surface area contributed by atoms with Gasteiger partial charge < -0.3 is 15.4 Å². The van der Waals surface area contributed by atoms with Gasteiger partial charge in [-0.1, -0.05) is 11.8 Å². The van der Waals surface area contributed by atoms with E-state index in [1.54, 1.807) is 24.9 Å². The van der Waals surface area contributed by atoms with Crippen molar-refractivity contribution in [1.29, 1.82) is 0 Å². The second-order valence-electron chi connectivity index (χ2n) is 3.03. The Labute approximate surface area is 82.2 Å². The molecule has 0 aliphatic heterocycles. The van der Waals surface area contributed by atoms with Crippen molar-refractivity contribution in [3.8, 4) is 0 Å². The van der Waals surface area contributed by atoms with Crippen LogP contribution in [0.1, 0.15) is 18.7 Å². The molecule has 13 heavy (non-hydrogen) atoms. The van der Waals surface area contributed by atoms with Gasteiger partial charge in [0.15, 0.2) is 5.16 Å². The normalized spacial score (nSPS) is 15.8. The van der Waals surface area contributed by atoms with Crippen LogP contribution in [0.15, 0.2) is 11.4 Å². The average Bonchev–Trinajstić information content (AvgIpc) is 2.45. The van der Waals surface area contributed by atoms with Crippen LogP contribution in [0.2, 0.25) is 0 Å². The van der Waals surface area contributed by atoms with E-state index in [2.05, 4.69) is 4.98 Å². The minimum atomic E-state index is -0.640. The smallest absolute Gasteiger partial charge is 0.167 e. The molecule has 3 N–H and O–H groups in total. The first kappa shape index (κ1) is 10.6. The molecule has 0 aliphatic rings. The Kier molecular flexibility index (Phi) is 3.35. The Morgan fingerprint density at radius 2 is 2.31 bits per heavy atom. The minimum Gasteiger partial charge on any atom is -0.385 e. The molecule has 1 heterocycles. The van der Waals surface area contributed by atoms with Gasteiger partial charge in [0.25, 0.3) is 0 Å². The third-order valence-corrected chi connectivity index (χ3v) is 2.71. The van der Waals surface area contributed by atoms with Crippen molar-refractivity contribution >= 4 is 11.8 Å². The summed E-state index contributed by atoms with van der Waals surface area (Å²) >= 11 is 1.55. The van der Waals surface area contributed by atoms with Crippen LogP contribution in [-0.2, 0) is 7.05 Å². The number of hydrogen-bond acceptors (Lipinski definition) is 4. The molecule has 0 bridgehead atoms. The fraction of sp³-hybridized carbons (Fsp3) is 0.625. The van der Waals surface area contributed by atoms with Crippen molar-refractivity contribution in [2.45, 2.75) is 24.2 Å². The molecule has 0 spiro atoms. The Bertz CT molecular complexity index is 285. The average molecular weight is 201 g/mol. The lowest BCUT2D eigenvalue weighted by Gasteiger charge is -2.14. The molecule has 4 nitrogen and oxygen atoms in total. The number of hydrogen-bond donors (Lipinski definition) is 2. The van der Waals surface area contributed by atoms with Gasteiger partial charge >= 0.3 is 0 Å². The van der Waals surface area contributed by atoms with Gasteiger partial charge in [-0.25, -0.2) is 4.98 Å². The number of nitrogens with two attached hydrogens (primary N) is 1. The van der Waals surface area contributed by atoms with E-state index >= 15 is 0 Å². The summed E-state index contributed by atoms with van der Waals surface area (Å²) < 4.78 is 1.86. The van der Waals surface area contributed by atoms with E-state index in [9.17, 15) is 5.11 Å². The monoisotopic (exact) mass is 201 g/mol. The number of imidazole rings is 1. The molecular formula is C8H15N3OS. The number of aromatic nitrogens is 2. The lowest BCUT2D eigenvalue weighted by molar-refractivity contribution is 0.144. The van der Waals surface area contributed by atoms with Crippen LogP contribution < -0.4 is 5.73 Å². The standard InChI is InChI=1S/C8H15N3OS/c1-5(9)7(12)6-4-10-8(13-3)11(6)2/h4-5,7,12H,9H2,1-3H3. The minimum absolute atomic E-state index is 0.273. The maximum absolute atomic E-state index is 9.69. The van der Waals surface area contributed by atoms with Crippen LogP contribution in [0.25, 0.3) is 0 Å². The molecule has 2 unspecified atom stereocenters. The highest BCUT2D eigenvalue weighted by Crippen LogP contribution is 2.20. The highest BCUT2D eigenvalue weighted by molar-refractivity contribution is 7.98. The molecule has 0 fully saturated rings. The molecule has 0 aromatic carbocycles. The van der Waals surface area contributed by atoms with Gasteiger partial charge in [-0.05, 0) is 13.2 Å². The van der Waals surface area contributed by atoms with Crippen molar-refractivity contribution < 1.29 is 5.11 Å². The maximum atomic E-state index is 9.69. The van der Waals surface area contributed by atoms with E-state index in [-0.39, 0.29) is 6.04 Å². The molecule has 0 aliphatic carbocycles. The molecule has 5 heteroatoms. The summed E-state index contributed by atoms with van der Waals surface area (Å²) in [4.78, 5) is 4.15. The van der Waals surface area contributed by atoms with Crippen LogP contribution >= 0.6 is 11.8 Å². The van der Waals surface area contributed by atoms with Crippen molar-refractivity contribution in [1.82, 2.24) is 9.55 Å². The molecule has 1 rings (SSSR count). The Balaban J connectivity index is 2.95. The van der Waals surface area contributed by atoms with Gasteiger partial charge in [-0.2, -0.15) is 0 Å². The second kappa shape index (κ2) is 4.13. The largest absolute Gasteiger partial charge is 0.385 e. The fourth-order valence-corrected chi connectivity index (χ4v) is 1.68. The molecule has 0 saturated carbocycles. The predicted molar refractivity (Wildman–Crippen MR) is 53.6 cm³/mol. The highest BCUT2D eigenvalue weighted by atomic mass is 32.2. The lowest BCUT2D eigenvalue weighted by Crippen LogP contribution is -2.25. The quantitative estimate of drug-likeness (QED) is 0.700. The fourth-order valence-electron chi connectivity index (χ4n) is 1.14. The summed E-state index contributed by atoms with van der Waals surface area (Å²) in [6, 6.07) is -0.273. The molecule has 1 aromatic rings. The molecule has 0 amide bonds. The van der Waals surface area contributed by atoms with E-state index < -0.39 is 6.10 Å². The zero-order chi connectivity index (χ0) is 10.0. The van der Waals surface area contributed by atoms with E-state index in [1.165, 1.54) is 0 Å². The van der Waals surface area contributed by atoms with Gasteiger partial charge in [0.05, 0.1) is 11.9 Å². The number of nitrogens with zero attached hydrogens (tertiary/aromatic N) is 2. The topological polar surface area (TPSA) is 64.1 Å². The summed E-state index contributed by atoms with van der Waals surface area (Å²) in [5.74, 6) is 0. The van der Waals surface area contributed by atoms with E-state index in [0.717, 1.165) is 10.9 Å². The van der Waals surface area contributed by atoms with Crippen LogP contribution in [0.5, 0.6) is 0 Å². The van der Waals surface area contributed by atoms with Gasteiger partial charge in [0.2, 0.25) is 0 Å². The number of aliphatic hydroxyl groups is 1. The van der Waals surface area contributed by atoms with E-state index in [4.69, 9.17) is 5.73 Å². The summed E-state index contributed by atoms with van der Waals surface area (Å²) in [5.41, 5.74) is 6.35. The Morgan fingerprint density at radius 3 is 2.69 bits per heavy atom. The summed E-state index contributed by atoms with van der Waals surface area (Å²) in [5, 5.41) is 10.6. The maximum Gasteiger partial charge on any atom is 0.167 e. The van der Waals surface area contributed by atoms with Crippen molar-refractivity contribution in [3.05, 3.63) is 11.9 Å². The summed E-state index contributed by atoms with van der Waals surface area (Å²) in [6.07, 6.45) is 2.97. The van der Waals surface area contributed by atoms with Crippen molar-refractivity contribution in [3.63, 3.8) is 0 Å². The highest BCUT2D eigenvalue weighted by Gasteiger charge is 2.17. The zero-order valence-electron chi connectivity index (χ0n) is 8.06. The van der Waals surface area contributed by atoms with Crippen LogP contribution in [-0.4, -0.2) is 27.0 Å². The summed E-state index contributed by atoms with van der Waals surface area (Å²) in [7, 11) is 1.87. The van der Waals surface area contributed by atoms with Crippen molar-refractivity contribution in [2.75, 3.05) is 6.26 Å². The van der Waals surface area contributed by atoms with Crippen LogP contribution in [0.4, 0.5) is 0 Å². The first-order valence-electron chi connectivity index (χ1n) is 4.07. The van der Waals surface area contributed by atoms with Gasteiger partial charge in [0, 0.05) is 13.1 Å². The first-order chi connectivity index (χ1) is 6.07. The molecular weight excluding hydrogens is 186 g/mol. The Hall–Kier alpha value is -0.520. The third-order valence-electron chi connectivity index (χ3n) is 1.97. The summed E-state index contributed by atoms with van der Waals surface area (Å²) in [6.45, 7) is 1.77. The van der Waals surface area contributed by atoms with Crippen LogP contribution in [0, 0.1) is 0 Å². The van der Waals surface area contributed by atoms with Gasteiger partial charge in [0.1, 0.15) is 6.10 Å². The first-order valence-corrected chi connectivity index (χ1v) is 5.29. The lowest BCUT2D eigenvalue weighted by atomic mass is 10.1. The predicted octanol–water partition coefficient (Wildman–Crippen LogP) is 0.523. The SMILES string of the molecule is CSc1ncc(C(O)C(C)N)n1C. The molecule has 2 atom stereocenters. The molecule has 74 valence electrons.